The summed E-state index contributed by atoms with van der Waals surface area (Å²) in [5.74, 6) is 0.326. The van der Waals surface area contributed by atoms with Gasteiger partial charge < -0.3 is 5.73 Å². The minimum absolute atomic E-state index is 0.270. The zero-order valence-electron chi connectivity index (χ0n) is 9.09. The summed E-state index contributed by atoms with van der Waals surface area (Å²) in [6, 6.07) is 4.96. The van der Waals surface area contributed by atoms with Gasteiger partial charge in [0.2, 0.25) is 0 Å². The van der Waals surface area contributed by atoms with Crippen LogP contribution in [0.2, 0.25) is 0 Å². The molecule has 0 unspecified atom stereocenters. The first kappa shape index (κ1) is 11.3. The van der Waals surface area contributed by atoms with E-state index >= 15 is 0 Å². The molecule has 4 heteroatoms. The lowest BCUT2D eigenvalue weighted by atomic mass is 10.0. The van der Waals surface area contributed by atoms with E-state index < -0.39 is 0 Å². The van der Waals surface area contributed by atoms with Crippen molar-refractivity contribution >= 4 is 32.7 Å². The van der Waals surface area contributed by atoms with Crippen LogP contribution in [0.15, 0.2) is 22.7 Å². The number of pyridine rings is 1. The number of nitrogens with two attached hydrogens (primary N) is 1. The van der Waals surface area contributed by atoms with E-state index in [0.29, 0.717) is 11.3 Å². The molecule has 0 atom stereocenters. The Morgan fingerprint density at radius 2 is 2.06 bits per heavy atom. The van der Waals surface area contributed by atoms with Crippen LogP contribution in [-0.4, -0.2) is 4.98 Å². The fourth-order valence-corrected chi connectivity index (χ4v) is 2.12. The first-order chi connectivity index (χ1) is 7.50. The van der Waals surface area contributed by atoms with Crippen molar-refractivity contribution in [2.75, 3.05) is 5.73 Å². The third-order valence-electron chi connectivity index (χ3n) is 2.56. The summed E-state index contributed by atoms with van der Waals surface area (Å²) in [5, 5.41) is 0.762. The molecule has 0 radical (unpaired) electrons. The van der Waals surface area contributed by atoms with E-state index in [0.717, 1.165) is 15.4 Å². The summed E-state index contributed by atoms with van der Waals surface area (Å²) < 4.78 is 14.4. The second-order valence-corrected chi connectivity index (χ2v) is 4.90. The standard InChI is InChI=1S/C12H12BrFN2/c1-6(2)7-5-8-9(13)3-4-10(14)11(8)16-12(7)15/h3-6H,1-2H3,(H2,15,16). The molecule has 1 aromatic carbocycles. The van der Waals surface area contributed by atoms with Crippen molar-refractivity contribution in [2.45, 2.75) is 19.8 Å². The first-order valence-corrected chi connectivity index (χ1v) is 5.84. The first-order valence-electron chi connectivity index (χ1n) is 5.05. The van der Waals surface area contributed by atoms with Gasteiger partial charge in [-0.15, -0.1) is 0 Å². The Bertz CT molecular complexity index is 552. The summed E-state index contributed by atoms with van der Waals surface area (Å²) >= 11 is 3.39. The van der Waals surface area contributed by atoms with E-state index in [1.54, 1.807) is 6.07 Å². The topological polar surface area (TPSA) is 38.9 Å². The second kappa shape index (κ2) is 4.01. The predicted molar refractivity (Wildman–Crippen MR) is 67.9 cm³/mol. The van der Waals surface area contributed by atoms with Gasteiger partial charge in [-0.2, -0.15) is 0 Å². The largest absolute Gasteiger partial charge is 0.383 e. The van der Waals surface area contributed by atoms with Crippen LogP contribution >= 0.6 is 15.9 Å². The van der Waals surface area contributed by atoms with E-state index in [1.165, 1.54) is 6.07 Å². The third kappa shape index (κ3) is 1.78. The highest BCUT2D eigenvalue weighted by Crippen LogP contribution is 2.30. The molecule has 0 aliphatic heterocycles. The number of nitrogens with zero attached hydrogens (tertiary/aromatic N) is 1. The zero-order valence-corrected chi connectivity index (χ0v) is 10.7. The molecule has 1 heterocycles. The quantitative estimate of drug-likeness (QED) is 0.863. The lowest BCUT2D eigenvalue weighted by Crippen LogP contribution is -2.01. The average molecular weight is 283 g/mol. The van der Waals surface area contributed by atoms with Crippen LogP contribution in [0.5, 0.6) is 0 Å². The number of rotatable bonds is 1. The number of benzene rings is 1. The SMILES string of the molecule is CC(C)c1cc2c(Br)ccc(F)c2nc1N. The molecule has 2 aromatic rings. The summed E-state index contributed by atoms with van der Waals surface area (Å²) in [5.41, 5.74) is 7.07. The highest BCUT2D eigenvalue weighted by molar-refractivity contribution is 9.10. The molecule has 0 bridgehead atoms. The van der Waals surface area contributed by atoms with Crippen molar-refractivity contribution in [3.8, 4) is 0 Å². The molecule has 0 spiro atoms. The van der Waals surface area contributed by atoms with Gasteiger partial charge >= 0.3 is 0 Å². The van der Waals surface area contributed by atoms with Crippen LogP contribution in [0.25, 0.3) is 10.9 Å². The van der Waals surface area contributed by atoms with Crippen molar-refractivity contribution in [3.63, 3.8) is 0 Å². The van der Waals surface area contributed by atoms with Gasteiger partial charge in [-0.05, 0) is 29.7 Å². The molecule has 0 saturated heterocycles. The maximum atomic E-state index is 13.5. The van der Waals surface area contributed by atoms with Gasteiger partial charge in [0, 0.05) is 9.86 Å². The van der Waals surface area contributed by atoms with Crippen LogP contribution in [0, 0.1) is 5.82 Å². The maximum absolute atomic E-state index is 13.5. The van der Waals surface area contributed by atoms with E-state index in [-0.39, 0.29) is 11.7 Å². The Kier molecular flexibility index (Phi) is 2.84. The van der Waals surface area contributed by atoms with E-state index in [9.17, 15) is 4.39 Å². The minimum Gasteiger partial charge on any atom is -0.383 e. The van der Waals surface area contributed by atoms with E-state index in [2.05, 4.69) is 20.9 Å². The van der Waals surface area contributed by atoms with Gasteiger partial charge in [0.05, 0.1) is 0 Å². The molecule has 0 saturated carbocycles. The van der Waals surface area contributed by atoms with Gasteiger partial charge in [-0.25, -0.2) is 9.37 Å². The molecule has 0 aliphatic carbocycles. The molecule has 0 amide bonds. The number of hydrogen-bond donors (Lipinski definition) is 1. The molecule has 2 nitrogen and oxygen atoms in total. The lowest BCUT2D eigenvalue weighted by molar-refractivity contribution is 0.636. The van der Waals surface area contributed by atoms with Crippen molar-refractivity contribution in [1.29, 1.82) is 0 Å². The molecule has 84 valence electrons. The number of fused-ring (bicyclic) bond motifs is 1. The highest BCUT2D eigenvalue weighted by atomic mass is 79.9. The van der Waals surface area contributed by atoms with Crippen molar-refractivity contribution < 1.29 is 4.39 Å². The molecule has 2 N–H and O–H groups in total. The van der Waals surface area contributed by atoms with Gasteiger partial charge in [0.15, 0.2) is 0 Å². The van der Waals surface area contributed by atoms with Gasteiger partial charge in [-0.3, -0.25) is 0 Å². The van der Waals surface area contributed by atoms with Gasteiger partial charge in [-0.1, -0.05) is 29.8 Å². The normalized spacial score (nSPS) is 11.3. The number of anilines is 1. The molecular weight excluding hydrogens is 271 g/mol. The monoisotopic (exact) mass is 282 g/mol. The molecule has 0 fully saturated rings. The smallest absolute Gasteiger partial charge is 0.149 e. The average Bonchev–Trinajstić information content (AvgIpc) is 2.23. The van der Waals surface area contributed by atoms with Crippen LogP contribution in [-0.2, 0) is 0 Å². The Hall–Kier alpha value is -1.16. The maximum Gasteiger partial charge on any atom is 0.149 e. The van der Waals surface area contributed by atoms with Crippen LogP contribution < -0.4 is 5.73 Å². The number of halogens is 2. The summed E-state index contributed by atoms with van der Waals surface area (Å²) in [6.07, 6.45) is 0. The fourth-order valence-electron chi connectivity index (χ4n) is 1.68. The van der Waals surface area contributed by atoms with Gasteiger partial charge in [0.1, 0.15) is 17.2 Å². The second-order valence-electron chi connectivity index (χ2n) is 4.04. The van der Waals surface area contributed by atoms with E-state index in [4.69, 9.17) is 5.73 Å². The van der Waals surface area contributed by atoms with Crippen molar-refractivity contribution in [3.05, 3.63) is 34.1 Å². The number of hydrogen-bond acceptors (Lipinski definition) is 2. The van der Waals surface area contributed by atoms with Crippen LogP contribution in [0.1, 0.15) is 25.3 Å². The van der Waals surface area contributed by atoms with Gasteiger partial charge in [0.25, 0.3) is 0 Å². The summed E-state index contributed by atoms with van der Waals surface area (Å²) in [4.78, 5) is 4.13. The van der Waals surface area contributed by atoms with Crippen LogP contribution in [0.4, 0.5) is 10.2 Å². The molecule has 2 rings (SSSR count). The lowest BCUT2D eigenvalue weighted by Gasteiger charge is -2.11. The Morgan fingerprint density at radius 3 is 2.69 bits per heavy atom. The van der Waals surface area contributed by atoms with E-state index in [1.807, 2.05) is 19.9 Å². The molecular formula is C12H12BrFN2. The number of nitrogen functional groups attached to an aromatic ring is 1. The minimum atomic E-state index is -0.347. The Balaban J connectivity index is 2.84. The fraction of sp³-hybridized carbons (Fsp3) is 0.250. The van der Waals surface area contributed by atoms with Crippen molar-refractivity contribution in [2.24, 2.45) is 0 Å². The molecule has 1 aromatic heterocycles. The predicted octanol–water partition coefficient (Wildman–Crippen LogP) is 3.84. The summed E-state index contributed by atoms with van der Waals surface area (Å²) in [6.45, 7) is 4.07. The number of aromatic nitrogens is 1. The third-order valence-corrected chi connectivity index (χ3v) is 3.26. The Labute approximate surface area is 102 Å². The highest BCUT2D eigenvalue weighted by Gasteiger charge is 2.12. The molecule has 16 heavy (non-hydrogen) atoms. The van der Waals surface area contributed by atoms with Crippen molar-refractivity contribution in [1.82, 2.24) is 4.98 Å². The Morgan fingerprint density at radius 1 is 1.38 bits per heavy atom. The zero-order chi connectivity index (χ0) is 11.9. The summed E-state index contributed by atoms with van der Waals surface area (Å²) in [7, 11) is 0. The van der Waals surface area contributed by atoms with Crippen LogP contribution in [0.3, 0.4) is 0 Å². The molecule has 0 aliphatic rings.